The van der Waals surface area contributed by atoms with E-state index in [1.54, 1.807) is 18.2 Å². The summed E-state index contributed by atoms with van der Waals surface area (Å²) in [7, 11) is -1.67. The van der Waals surface area contributed by atoms with Crippen molar-refractivity contribution < 1.29 is 13.5 Å². The number of aryl methyl sites for hydroxylation is 1. The third kappa shape index (κ3) is 3.29. The van der Waals surface area contributed by atoms with Crippen molar-refractivity contribution in [2.45, 2.75) is 11.0 Å². The van der Waals surface area contributed by atoms with Crippen LogP contribution in [0.4, 0.5) is 0 Å². The van der Waals surface area contributed by atoms with E-state index in [0.29, 0.717) is 5.56 Å². The summed E-state index contributed by atoms with van der Waals surface area (Å²) in [5.74, 6) is 0. The van der Waals surface area contributed by atoms with Gasteiger partial charge in [-0.15, -0.1) is 0 Å². The Morgan fingerprint density at radius 2 is 1.87 bits per heavy atom. The highest BCUT2D eigenvalue weighted by Gasteiger charge is 2.16. The molecule has 0 saturated carbocycles. The lowest BCUT2D eigenvalue weighted by molar-refractivity contribution is 0.182. The van der Waals surface area contributed by atoms with Crippen LogP contribution in [-0.4, -0.2) is 24.6 Å². The van der Waals surface area contributed by atoms with E-state index in [-0.39, 0.29) is 11.4 Å². The predicted molar refractivity (Wildman–Crippen MR) is 89.5 cm³/mol. The van der Waals surface area contributed by atoms with Gasteiger partial charge in [-0.3, -0.25) is 0 Å². The van der Waals surface area contributed by atoms with Crippen LogP contribution in [-0.2, 0) is 17.1 Å². The molecule has 0 aliphatic rings. The third-order valence-electron chi connectivity index (χ3n) is 3.81. The third-order valence-corrected chi connectivity index (χ3v) is 5.25. The molecule has 6 heteroatoms. The lowest BCUT2D eigenvalue weighted by Crippen LogP contribution is -2.28. The molecule has 0 spiro atoms. The molecule has 0 aliphatic heterocycles. The van der Waals surface area contributed by atoms with E-state index in [1.807, 2.05) is 42.1 Å². The number of fused-ring (bicyclic) bond motifs is 1. The van der Waals surface area contributed by atoms with Crippen LogP contribution in [0.15, 0.2) is 65.7 Å². The largest absolute Gasteiger partial charge is 0.387 e. The van der Waals surface area contributed by atoms with Crippen LogP contribution in [0.5, 0.6) is 0 Å². The molecule has 0 amide bonds. The van der Waals surface area contributed by atoms with Crippen molar-refractivity contribution in [2.24, 2.45) is 7.05 Å². The van der Waals surface area contributed by atoms with Crippen LogP contribution in [0.3, 0.4) is 0 Å². The molecule has 120 valence electrons. The van der Waals surface area contributed by atoms with Gasteiger partial charge in [-0.25, -0.2) is 13.1 Å². The van der Waals surface area contributed by atoms with E-state index >= 15 is 0 Å². The number of nitrogens with one attached hydrogen (secondary N) is 1. The summed E-state index contributed by atoms with van der Waals surface area (Å²) >= 11 is 0. The molecule has 1 unspecified atom stereocenters. The first-order valence-electron chi connectivity index (χ1n) is 7.25. The molecular weight excluding hydrogens is 312 g/mol. The molecule has 2 aromatic carbocycles. The maximum absolute atomic E-state index is 12.2. The van der Waals surface area contributed by atoms with E-state index in [0.717, 1.165) is 10.9 Å². The number of rotatable bonds is 5. The summed E-state index contributed by atoms with van der Waals surface area (Å²) < 4.78 is 28.7. The first-order valence-corrected chi connectivity index (χ1v) is 8.73. The molecule has 1 aromatic heterocycles. The average molecular weight is 330 g/mol. The van der Waals surface area contributed by atoms with Crippen molar-refractivity contribution in [1.82, 2.24) is 9.29 Å². The maximum atomic E-state index is 12.2. The van der Waals surface area contributed by atoms with Crippen LogP contribution < -0.4 is 4.72 Å². The van der Waals surface area contributed by atoms with Crippen LogP contribution in [0.2, 0.25) is 0 Å². The highest BCUT2D eigenvalue weighted by Crippen LogP contribution is 2.21. The molecule has 1 heterocycles. The maximum Gasteiger partial charge on any atom is 0.240 e. The lowest BCUT2D eigenvalue weighted by atomic mass is 10.1. The fourth-order valence-corrected chi connectivity index (χ4v) is 3.56. The van der Waals surface area contributed by atoms with E-state index in [1.165, 1.54) is 12.1 Å². The summed E-state index contributed by atoms with van der Waals surface area (Å²) in [6, 6.07) is 15.7. The fourth-order valence-electron chi connectivity index (χ4n) is 2.50. The van der Waals surface area contributed by atoms with Crippen molar-refractivity contribution in [3.05, 3.63) is 66.4 Å². The van der Waals surface area contributed by atoms with E-state index < -0.39 is 16.1 Å². The van der Waals surface area contributed by atoms with Crippen LogP contribution in [0.1, 0.15) is 11.7 Å². The summed E-state index contributed by atoms with van der Waals surface area (Å²) in [6.07, 6.45) is 1.04. The summed E-state index contributed by atoms with van der Waals surface area (Å²) in [6.45, 7) is -0.0738. The molecule has 3 rings (SSSR count). The summed E-state index contributed by atoms with van der Waals surface area (Å²) in [4.78, 5) is 0.186. The molecule has 1 atom stereocenters. The Morgan fingerprint density at radius 1 is 1.13 bits per heavy atom. The predicted octanol–water partition coefficient (Wildman–Crippen LogP) is 2.19. The summed E-state index contributed by atoms with van der Waals surface area (Å²) in [5, 5.41) is 11.3. The Morgan fingerprint density at radius 3 is 2.61 bits per heavy atom. The Hall–Kier alpha value is -2.15. The monoisotopic (exact) mass is 330 g/mol. The van der Waals surface area contributed by atoms with Crippen molar-refractivity contribution in [1.29, 1.82) is 0 Å². The number of aliphatic hydroxyl groups excluding tert-OH is 1. The van der Waals surface area contributed by atoms with Crippen molar-refractivity contribution >= 4 is 20.9 Å². The van der Waals surface area contributed by atoms with Gasteiger partial charge in [0.05, 0.1) is 11.0 Å². The van der Waals surface area contributed by atoms with Gasteiger partial charge in [0.15, 0.2) is 0 Å². The second kappa shape index (κ2) is 6.16. The van der Waals surface area contributed by atoms with Crippen LogP contribution >= 0.6 is 0 Å². The molecule has 0 radical (unpaired) electrons. The van der Waals surface area contributed by atoms with Gasteiger partial charge >= 0.3 is 0 Å². The highest BCUT2D eigenvalue weighted by atomic mass is 32.2. The number of sulfonamides is 1. The Labute approximate surface area is 135 Å². The molecule has 2 N–H and O–H groups in total. The molecule has 0 fully saturated rings. The second-order valence-corrected chi connectivity index (χ2v) is 7.19. The van der Waals surface area contributed by atoms with Crippen LogP contribution in [0, 0.1) is 0 Å². The Bertz CT molecular complexity index is 917. The molecule has 3 aromatic rings. The van der Waals surface area contributed by atoms with Gasteiger partial charge in [0, 0.05) is 25.3 Å². The Balaban J connectivity index is 1.74. The minimum Gasteiger partial charge on any atom is -0.387 e. The second-order valence-electron chi connectivity index (χ2n) is 5.43. The minimum atomic E-state index is -3.62. The molecular formula is C17H18N2O3S. The zero-order valence-electron chi connectivity index (χ0n) is 12.7. The van der Waals surface area contributed by atoms with Gasteiger partial charge in [-0.1, -0.05) is 24.3 Å². The van der Waals surface area contributed by atoms with Gasteiger partial charge in [-0.05, 0) is 41.3 Å². The van der Waals surface area contributed by atoms with Gasteiger partial charge in [0.2, 0.25) is 10.0 Å². The van der Waals surface area contributed by atoms with Gasteiger partial charge < -0.3 is 9.67 Å². The number of nitrogens with zero attached hydrogens (tertiary/aromatic N) is 1. The number of aliphatic hydroxyl groups is 1. The molecule has 0 aliphatic carbocycles. The first kappa shape index (κ1) is 15.7. The van der Waals surface area contributed by atoms with E-state index in [4.69, 9.17) is 0 Å². The molecule has 23 heavy (non-hydrogen) atoms. The first-order chi connectivity index (χ1) is 11.0. The van der Waals surface area contributed by atoms with Crippen LogP contribution in [0.25, 0.3) is 10.9 Å². The number of aromatic nitrogens is 1. The van der Waals surface area contributed by atoms with Gasteiger partial charge in [-0.2, -0.15) is 0 Å². The summed E-state index contributed by atoms with van der Waals surface area (Å²) in [5.41, 5.74) is 1.74. The number of hydrogen-bond donors (Lipinski definition) is 2. The van der Waals surface area contributed by atoms with E-state index in [9.17, 15) is 13.5 Å². The normalized spacial score (nSPS) is 13.3. The van der Waals surface area contributed by atoms with Crippen molar-refractivity contribution in [3.63, 3.8) is 0 Å². The van der Waals surface area contributed by atoms with Gasteiger partial charge in [0.25, 0.3) is 0 Å². The zero-order valence-corrected chi connectivity index (χ0v) is 13.5. The molecule has 0 saturated heterocycles. The smallest absolute Gasteiger partial charge is 0.240 e. The number of benzene rings is 2. The lowest BCUT2D eigenvalue weighted by Gasteiger charge is -2.13. The zero-order chi connectivity index (χ0) is 16.4. The highest BCUT2D eigenvalue weighted by molar-refractivity contribution is 7.89. The van der Waals surface area contributed by atoms with Gasteiger partial charge in [0.1, 0.15) is 0 Å². The minimum absolute atomic E-state index is 0.0738. The SMILES string of the molecule is Cn1ccc2cc(C(O)CNS(=O)(=O)c3ccccc3)ccc21. The van der Waals surface area contributed by atoms with Crippen molar-refractivity contribution in [2.75, 3.05) is 6.54 Å². The average Bonchev–Trinajstić information content (AvgIpc) is 2.94. The number of hydrogen-bond acceptors (Lipinski definition) is 3. The molecule has 5 nitrogen and oxygen atoms in total. The fraction of sp³-hybridized carbons (Fsp3) is 0.176. The van der Waals surface area contributed by atoms with Crippen molar-refractivity contribution in [3.8, 4) is 0 Å². The quantitative estimate of drug-likeness (QED) is 0.753. The Kier molecular flexibility index (Phi) is 4.21. The molecule has 0 bridgehead atoms. The van der Waals surface area contributed by atoms with E-state index in [2.05, 4.69) is 4.72 Å². The standard InChI is InChI=1S/C17H18N2O3S/c1-19-10-9-13-11-14(7-8-16(13)19)17(20)12-18-23(21,22)15-5-3-2-4-6-15/h2-11,17-18,20H,12H2,1H3. The topological polar surface area (TPSA) is 71.3 Å².